The summed E-state index contributed by atoms with van der Waals surface area (Å²) < 4.78 is 71.0. The van der Waals surface area contributed by atoms with Gasteiger partial charge in [0, 0.05) is 47.6 Å². The smallest absolute Gasteiger partial charge is 0.341 e. The fraction of sp³-hybridized carbons (Fsp3) is 0.595. The third kappa shape index (κ3) is 13.0. The Morgan fingerprint density at radius 1 is 0.542 bits per heavy atom. The van der Waals surface area contributed by atoms with Crippen LogP contribution in [0.4, 0.5) is 0 Å². The van der Waals surface area contributed by atoms with E-state index in [1.807, 2.05) is 6.92 Å². The summed E-state index contributed by atoms with van der Waals surface area (Å²) in [7, 11) is 1.98. The molecule has 3 rings (SSSR count). The molecule has 2 aliphatic heterocycles. The van der Waals surface area contributed by atoms with E-state index in [-0.39, 0.29) is 17.9 Å². The molecular formula is C37H46O22. The van der Waals surface area contributed by atoms with Gasteiger partial charge in [-0.15, -0.1) is 0 Å². The van der Waals surface area contributed by atoms with Crippen LogP contribution in [0.5, 0.6) is 11.5 Å². The van der Waals surface area contributed by atoms with Crippen LogP contribution in [0.3, 0.4) is 0 Å². The minimum absolute atomic E-state index is 0.0258. The number of unbranched alkanes of at least 4 members (excludes halogenated alkanes) is 1. The van der Waals surface area contributed by atoms with Gasteiger partial charge in [0.05, 0.1) is 20.8 Å². The van der Waals surface area contributed by atoms with E-state index in [0.717, 1.165) is 67.9 Å². The molecule has 0 saturated carbocycles. The number of carbonyl (C=O) groups excluding carboxylic acids is 9. The van der Waals surface area contributed by atoms with E-state index in [9.17, 15) is 43.2 Å². The van der Waals surface area contributed by atoms with Gasteiger partial charge in [0.15, 0.2) is 36.6 Å². The van der Waals surface area contributed by atoms with E-state index in [2.05, 4.69) is 0 Å². The lowest BCUT2D eigenvalue weighted by Crippen LogP contribution is -2.64. The highest BCUT2D eigenvalue weighted by Crippen LogP contribution is 2.36. The molecule has 59 heavy (non-hydrogen) atoms. The van der Waals surface area contributed by atoms with Gasteiger partial charge in [0.25, 0.3) is 0 Å². The molecule has 0 bridgehead atoms. The summed E-state index contributed by atoms with van der Waals surface area (Å²) in [6.07, 6.45) is -16.8. The number of esters is 9. The average molecular weight is 843 g/mol. The molecule has 0 unspecified atom stereocenters. The molecule has 0 spiro atoms. The van der Waals surface area contributed by atoms with Crippen LogP contribution in [-0.4, -0.2) is 136 Å². The van der Waals surface area contributed by atoms with Crippen molar-refractivity contribution in [2.75, 3.05) is 20.8 Å². The first kappa shape index (κ1) is 47.3. The molecule has 2 heterocycles. The van der Waals surface area contributed by atoms with E-state index >= 15 is 0 Å². The molecule has 2 saturated heterocycles. The van der Waals surface area contributed by atoms with Gasteiger partial charge < -0.3 is 61.6 Å². The Balaban J connectivity index is 2.22. The number of rotatable bonds is 16. The number of benzene rings is 1. The van der Waals surface area contributed by atoms with Crippen LogP contribution in [0.1, 0.15) is 71.7 Å². The van der Waals surface area contributed by atoms with Gasteiger partial charge in [-0.3, -0.25) is 28.8 Å². The molecule has 0 aromatic heterocycles. The van der Waals surface area contributed by atoms with Gasteiger partial charge in [-0.1, -0.05) is 13.3 Å². The molecule has 22 nitrogen and oxygen atoms in total. The first-order chi connectivity index (χ1) is 27.8. The highest BCUT2D eigenvalue weighted by Gasteiger charge is 2.57. The molecular weight excluding hydrogens is 796 g/mol. The van der Waals surface area contributed by atoms with Crippen molar-refractivity contribution in [1.82, 2.24) is 0 Å². The third-order valence-corrected chi connectivity index (χ3v) is 8.07. The lowest BCUT2D eigenvalue weighted by molar-refractivity contribution is -0.283. The van der Waals surface area contributed by atoms with Crippen molar-refractivity contribution in [2.24, 2.45) is 0 Å². The number of hydrogen-bond acceptors (Lipinski definition) is 22. The predicted octanol–water partition coefficient (Wildman–Crippen LogP) is 0.787. The SMILES string of the molecule is CCCCOC(=O)c1ccc(O[C@@H]2O[C@H](C(=O)OC)[C@@H](OC(C)=O)[C@H](OC(C)=O)[C@H]2OC(C)=O)cc1O[C@@H]1O[C@H](C(=O)OC)[C@@H](OC(C)=O)[C@H](OC(C)=O)[C@H]1OC(C)=O. The largest absolute Gasteiger partial charge is 0.467 e. The highest BCUT2D eigenvalue weighted by molar-refractivity contribution is 5.93. The van der Waals surface area contributed by atoms with Gasteiger partial charge >= 0.3 is 53.7 Å². The molecule has 326 valence electrons. The van der Waals surface area contributed by atoms with Crippen LogP contribution in [0, 0.1) is 0 Å². The van der Waals surface area contributed by atoms with Crippen molar-refractivity contribution in [3.63, 3.8) is 0 Å². The van der Waals surface area contributed by atoms with Crippen molar-refractivity contribution >= 4 is 53.7 Å². The molecule has 10 atom stereocenters. The number of hydrogen-bond donors (Lipinski definition) is 0. The Morgan fingerprint density at radius 3 is 1.32 bits per heavy atom. The molecule has 2 aliphatic rings. The zero-order valence-electron chi connectivity index (χ0n) is 33.6. The first-order valence-electron chi connectivity index (χ1n) is 18.0. The second-order valence-electron chi connectivity index (χ2n) is 12.7. The zero-order valence-corrected chi connectivity index (χ0v) is 33.6. The lowest BCUT2D eigenvalue weighted by Gasteiger charge is -2.43. The second kappa shape index (κ2) is 21.6. The Hall–Kier alpha value is -6.03. The second-order valence-corrected chi connectivity index (χ2v) is 12.7. The Bertz CT molecular complexity index is 1740. The van der Waals surface area contributed by atoms with Crippen LogP contribution in [0.15, 0.2) is 18.2 Å². The summed E-state index contributed by atoms with van der Waals surface area (Å²) in [4.78, 5) is 113. The fourth-order valence-electron chi connectivity index (χ4n) is 5.84. The molecule has 1 aromatic rings. The average Bonchev–Trinajstić information content (AvgIpc) is 3.14. The van der Waals surface area contributed by atoms with Crippen LogP contribution in [0.2, 0.25) is 0 Å². The van der Waals surface area contributed by atoms with Crippen molar-refractivity contribution in [3.8, 4) is 11.5 Å². The van der Waals surface area contributed by atoms with Gasteiger partial charge in [-0.25, -0.2) is 14.4 Å². The zero-order chi connectivity index (χ0) is 44.1. The quantitative estimate of drug-likeness (QED) is 0.126. The standard InChI is InChI=1S/C37H46O22/c1-10-11-14-49-33(44)23-13-12-22(56-36-31(54-20(6)42)27(52-18(4)40)25(50-16(2)38)29(58-36)34(45)47-8)15-24(23)57-37-32(55-21(7)43)28(53-19(5)41)26(51-17(3)39)30(59-37)35(46)48-9/h12-13,15,25-32,36-37H,10-11,14H2,1-9H3/t25-,26-,27-,28-,29-,30-,31+,32+,36+,37+/m0/s1. The van der Waals surface area contributed by atoms with Crippen LogP contribution in [0.25, 0.3) is 0 Å². The van der Waals surface area contributed by atoms with Gasteiger partial charge in [-0.2, -0.15) is 0 Å². The summed E-state index contributed by atoms with van der Waals surface area (Å²) in [5.74, 6) is -9.65. The minimum Gasteiger partial charge on any atom is -0.467 e. The molecule has 0 N–H and O–H groups in total. The Kier molecular flexibility index (Phi) is 17.4. The maximum absolute atomic E-state index is 13.4. The predicted molar refractivity (Wildman–Crippen MR) is 188 cm³/mol. The summed E-state index contributed by atoms with van der Waals surface area (Å²) in [6.45, 7) is 7.79. The van der Waals surface area contributed by atoms with E-state index in [1.165, 1.54) is 6.07 Å². The molecule has 0 amide bonds. The lowest BCUT2D eigenvalue weighted by atomic mass is 9.97. The van der Waals surface area contributed by atoms with Crippen molar-refractivity contribution < 1.29 is 105 Å². The molecule has 0 aliphatic carbocycles. The van der Waals surface area contributed by atoms with Gasteiger partial charge in [-0.05, 0) is 18.6 Å². The number of methoxy groups -OCH3 is 2. The Morgan fingerprint density at radius 2 is 0.932 bits per heavy atom. The maximum atomic E-state index is 13.4. The topological polar surface area (TPSA) is 274 Å². The Labute approximate surface area is 337 Å². The van der Waals surface area contributed by atoms with Crippen molar-refractivity contribution in [1.29, 1.82) is 0 Å². The summed E-state index contributed by atoms with van der Waals surface area (Å²) >= 11 is 0. The third-order valence-electron chi connectivity index (χ3n) is 8.07. The molecule has 22 heteroatoms. The summed E-state index contributed by atoms with van der Waals surface area (Å²) in [6, 6.07) is 3.40. The molecule has 1 aromatic carbocycles. The highest BCUT2D eigenvalue weighted by atomic mass is 16.8. The van der Waals surface area contributed by atoms with E-state index in [1.54, 1.807) is 0 Å². The van der Waals surface area contributed by atoms with E-state index in [0.29, 0.717) is 12.8 Å². The van der Waals surface area contributed by atoms with Gasteiger partial charge in [0.1, 0.15) is 17.1 Å². The summed E-state index contributed by atoms with van der Waals surface area (Å²) in [5.41, 5.74) is -0.305. The molecule has 2 fully saturated rings. The fourth-order valence-corrected chi connectivity index (χ4v) is 5.84. The number of carbonyl (C=O) groups is 9. The number of ether oxygens (including phenoxy) is 13. The molecule has 0 radical (unpaired) electrons. The van der Waals surface area contributed by atoms with Crippen LogP contribution >= 0.6 is 0 Å². The van der Waals surface area contributed by atoms with Crippen molar-refractivity contribution in [3.05, 3.63) is 23.8 Å². The summed E-state index contributed by atoms with van der Waals surface area (Å²) in [5, 5.41) is 0. The monoisotopic (exact) mass is 842 g/mol. The first-order valence-corrected chi connectivity index (χ1v) is 18.0. The maximum Gasteiger partial charge on any atom is 0.341 e. The van der Waals surface area contributed by atoms with Crippen LogP contribution < -0.4 is 9.47 Å². The van der Waals surface area contributed by atoms with Crippen molar-refractivity contribution in [2.45, 2.75) is 123 Å². The minimum atomic E-state index is -1.95. The van der Waals surface area contributed by atoms with E-state index in [4.69, 9.17) is 61.6 Å². The van der Waals surface area contributed by atoms with Crippen LogP contribution in [-0.2, 0) is 90.5 Å². The van der Waals surface area contributed by atoms with E-state index < -0.39 is 121 Å². The van der Waals surface area contributed by atoms with Gasteiger partial charge in [0.2, 0.25) is 24.8 Å². The normalized spacial score (nSPS) is 26.1.